The SMILES string of the molecule is CC(C)(C)C(=O)n1c2cncc(c2)c2ncc3[nH]nc(c4nc5c(cncc5c5ccc1s5)[nH]4)c3c2F. The Hall–Kier alpha value is -4.51. The van der Waals surface area contributed by atoms with Crippen molar-refractivity contribution >= 4 is 81.7 Å². The molecular weight excluding hydrogens is 491 g/mol. The van der Waals surface area contributed by atoms with E-state index in [0.29, 0.717) is 43.4 Å². The molecule has 0 aliphatic rings. The highest BCUT2D eigenvalue weighted by atomic mass is 32.1. The first kappa shape index (κ1) is 21.7. The van der Waals surface area contributed by atoms with Gasteiger partial charge in [-0.1, -0.05) is 20.8 Å². The van der Waals surface area contributed by atoms with E-state index in [1.54, 1.807) is 29.2 Å². The number of halogens is 1. The lowest BCUT2D eigenvalue weighted by atomic mass is 9.95. The Bertz CT molecular complexity index is 2130. The molecule has 7 aromatic heterocycles. The third kappa shape index (κ3) is 3.20. The van der Waals surface area contributed by atoms with Gasteiger partial charge >= 0.3 is 0 Å². The molecule has 7 heterocycles. The van der Waals surface area contributed by atoms with Gasteiger partial charge in [0.2, 0.25) is 5.91 Å². The monoisotopic (exact) mass is 510 g/mol. The number of pyridine rings is 3. The quantitative estimate of drug-likeness (QED) is 0.256. The van der Waals surface area contributed by atoms with Gasteiger partial charge in [-0.25, -0.2) is 9.37 Å². The van der Waals surface area contributed by atoms with E-state index in [-0.39, 0.29) is 16.8 Å². The predicted molar refractivity (Wildman–Crippen MR) is 143 cm³/mol. The van der Waals surface area contributed by atoms with Gasteiger partial charge in [-0.15, -0.1) is 11.3 Å². The van der Waals surface area contributed by atoms with E-state index in [1.807, 2.05) is 32.9 Å². The highest BCUT2D eigenvalue weighted by Crippen LogP contribution is 2.32. The van der Waals surface area contributed by atoms with Crippen LogP contribution in [-0.2, 0) is 0 Å². The maximum Gasteiger partial charge on any atom is 0.237 e. The first-order valence-electron chi connectivity index (χ1n) is 11.6. The third-order valence-electron chi connectivity index (χ3n) is 6.34. The van der Waals surface area contributed by atoms with Crippen molar-refractivity contribution in [2.24, 2.45) is 5.41 Å². The van der Waals surface area contributed by atoms with E-state index in [1.165, 1.54) is 23.7 Å². The molecule has 0 aliphatic carbocycles. The number of hydrogen-bond acceptors (Lipinski definition) is 7. The number of hydrogen-bond donors (Lipinski definition) is 2. The van der Waals surface area contributed by atoms with Crippen LogP contribution in [0, 0.1) is 11.2 Å². The summed E-state index contributed by atoms with van der Waals surface area (Å²) in [5.74, 6) is -0.677. The van der Waals surface area contributed by atoms with Gasteiger partial charge < -0.3 is 4.98 Å². The second-order valence-corrected chi connectivity index (χ2v) is 11.0. The Kier molecular flexibility index (Phi) is 4.41. The van der Waals surface area contributed by atoms with E-state index in [0.717, 1.165) is 10.1 Å². The number of nitrogens with zero attached hydrogens (tertiary/aromatic N) is 6. The maximum atomic E-state index is 16.1. The molecule has 11 heteroatoms. The molecule has 9 nitrogen and oxygen atoms in total. The Labute approximate surface area is 211 Å². The fraction of sp³-hybridized carbons (Fsp3) is 0.154. The lowest BCUT2D eigenvalue weighted by Gasteiger charge is -2.19. The molecule has 0 saturated carbocycles. The molecule has 0 saturated heterocycles. The van der Waals surface area contributed by atoms with E-state index in [9.17, 15) is 4.79 Å². The molecule has 0 unspecified atom stereocenters. The lowest BCUT2D eigenvalue weighted by molar-refractivity contribution is 0.0778. The van der Waals surface area contributed by atoms with Crippen molar-refractivity contribution in [3.8, 4) is 0 Å². The van der Waals surface area contributed by atoms with Gasteiger partial charge in [0.15, 0.2) is 11.5 Å². The summed E-state index contributed by atoms with van der Waals surface area (Å²) in [5, 5.41) is 8.71. The van der Waals surface area contributed by atoms with Crippen LogP contribution in [0.4, 0.5) is 4.39 Å². The van der Waals surface area contributed by atoms with Gasteiger partial charge in [0.1, 0.15) is 21.4 Å². The number of aromatic nitrogens is 8. The smallest absolute Gasteiger partial charge is 0.237 e. The average Bonchev–Trinajstić information content (AvgIpc) is 3.61. The number of carbonyl (C=O) groups is 1. The number of H-pyrrole nitrogens is 2. The van der Waals surface area contributed by atoms with Crippen molar-refractivity contribution in [2.45, 2.75) is 20.8 Å². The van der Waals surface area contributed by atoms with Gasteiger partial charge in [-0.2, -0.15) is 5.10 Å². The zero-order chi connectivity index (χ0) is 25.5. The molecule has 0 atom stereocenters. The Morgan fingerprint density at radius 1 is 1.00 bits per heavy atom. The van der Waals surface area contributed by atoms with Gasteiger partial charge in [0, 0.05) is 33.3 Å². The second-order valence-electron chi connectivity index (χ2n) is 9.91. The number of thiophene rings is 1. The van der Waals surface area contributed by atoms with Crippen LogP contribution in [-0.4, -0.2) is 45.6 Å². The van der Waals surface area contributed by atoms with E-state index >= 15 is 4.39 Å². The van der Waals surface area contributed by atoms with E-state index in [4.69, 9.17) is 4.98 Å². The summed E-state index contributed by atoms with van der Waals surface area (Å²) in [6.45, 7) is 5.59. The zero-order valence-corrected chi connectivity index (χ0v) is 20.8. The average molecular weight is 511 g/mol. The number of aromatic amines is 2. The first-order chi connectivity index (χ1) is 17.8. The number of nitrogens with one attached hydrogen (secondary N) is 2. The molecule has 0 fully saturated rings. The summed E-state index contributed by atoms with van der Waals surface area (Å²) in [6, 6.07) is 5.58. The van der Waals surface area contributed by atoms with E-state index < -0.39 is 11.2 Å². The highest BCUT2D eigenvalue weighted by molar-refractivity contribution is 7.24. The van der Waals surface area contributed by atoms with E-state index in [2.05, 4.69) is 30.1 Å². The summed E-state index contributed by atoms with van der Waals surface area (Å²) >= 11 is 1.44. The summed E-state index contributed by atoms with van der Waals surface area (Å²) in [6.07, 6.45) is 8.10. The van der Waals surface area contributed by atoms with Crippen LogP contribution in [0.5, 0.6) is 0 Å². The molecule has 0 aliphatic heterocycles. The van der Waals surface area contributed by atoms with Crippen molar-refractivity contribution in [1.82, 2.24) is 39.7 Å². The number of fused-ring (bicyclic) bond motifs is 9. The highest BCUT2D eigenvalue weighted by Gasteiger charge is 2.25. The van der Waals surface area contributed by atoms with Gasteiger partial charge in [-0.3, -0.25) is 29.4 Å². The largest absolute Gasteiger partial charge is 0.335 e. The standard InChI is InChI=1S/C26H19FN8OS/c1-26(2,3)25(36)35-13-6-12(7-28-8-13)21-20(27)19-15(11-30-21)33-34-23(19)24-31-16-10-29-9-14(22(16)32-24)17-4-5-18(35)37-17/h4-11H,1-3H3,(H,31,32)(H,33,34). The fourth-order valence-electron chi connectivity index (χ4n) is 4.53. The minimum absolute atomic E-state index is 0.105. The van der Waals surface area contributed by atoms with Crippen LogP contribution in [0.1, 0.15) is 25.6 Å². The Balaban J connectivity index is 1.80. The minimum Gasteiger partial charge on any atom is -0.335 e. The zero-order valence-electron chi connectivity index (χ0n) is 20.0. The molecule has 37 heavy (non-hydrogen) atoms. The van der Waals surface area contributed by atoms with Gasteiger partial charge in [0.05, 0.1) is 40.5 Å². The summed E-state index contributed by atoms with van der Waals surface area (Å²) in [4.78, 5) is 35.6. The van der Waals surface area contributed by atoms with Crippen LogP contribution >= 0.6 is 11.3 Å². The van der Waals surface area contributed by atoms with Gasteiger partial charge in [-0.05, 0) is 18.2 Å². The molecule has 182 valence electrons. The van der Waals surface area contributed by atoms with Gasteiger partial charge in [0.25, 0.3) is 0 Å². The molecule has 8 bridgehead atoms. The number of rotatable bonds is 0. The lowest BCUT2D eigenvalue weighted by Crippen LogP contribution is -2.26. The van der Waals surface area contributed by atoms with Crippen LogP contribution in [0.15, 0.2) is 49.2 Å². The molecule has 0 spiro atoms. The normalized spacial score (nSPS) is 12.4. The molecule has 7 aromatic rings. The topological polar surface area (TPSA) is 118 Å². The Morgan fingerprint density at radius 3 is 2.68 bits per heavy atom. The van der Waals surface area contributed by atoms with Crippen molar-refractivity contribution in [2.75, 3.05) is 0 Å². The maximum absolute atomic E-state index is 16.1. The van der Waals surface area contributed by atoms with Crippen LogP contribution < -0.4 is 0 Å². The number of imidazole rings is 1. The summed E-state index contributed by atoms with van der Waals surface area (Å²) in [7, 11) is 0. The predicted octanol–water partition coefficient (Wildman–Crippen LogP) is 6.05. The van der Waals surface area contributed by atoms with Crippen LogP contribution in [0.3, 0.4) is 0 Å². The molecule has 0 radical (unpaired) electrons. The molecule has 7 rings (SSSR count). The van der Waals surface area contributed by atoms with Crippen LogP contribution in [0.2, 0.25) is 0 Å². The van der Waals surface area contributed by atoms with Crippen LogP contribution in [0.25, 0.3) is 64.4 Å². The summed E-state index contributed by atoms with van der Waals surface area (Å²) < 4.78 is 18.6. The van der Waals surface area contributed by atoms with Crippen molar-refractivity contribution < 1.29 is 9.18 Å². The summed E-state index contributed by atoms with van der Waals surface area (Å²) in [5.41, 5.74) is 2.50. The molecule has 2 N–H and O–H groups in total. The Morgan fingerprint density at radius 2 is 1.84 bits per heavy atom. The fourth-order valence-corrected chi connectivity index (χ4v) is 5.56. The van der Waals surface area contributed by atoms with Crippen molar-refractivity contribution in [3.63, 3.8) is 0 Å². The number of carbonyl (C=O) groups excluding carboxylic acids is 1. The molecule has 0 amide bonds. The molecular formula is C26H19FN8OS. The minimum atomic E-state index is -0.685. The van der Waals surface area contributed by atoms with Crippen molar-refractivity contribution in [3.05, 3.63) is 55.0 Å². The van der Waals surface area contributed by atoms with Crippen molar-refractivity contribution in [1.29, 1.82) is 0 Å². The third-order valence-corrected chi connectivity index (χ3v) is 7.44. The second kappa shape index (κ2) is 7.50. The first-order valence-corrected chi connectivity index (χ1v) is 12.4. The molecule has 0 aromatic carbocycles.